The largest absolute Gasteiger partial charge is 0.508 e. The Labute approximate surface area is 116 Å². The number of rotatable bonds is 5. The molecule has 0 fully saturated rings. The SMILES string of the molecule is CN(COc1ccc(C(=O)O)cc1)c1ccc(O)cc1. The van der Waals surface area contributed by atoms with Crippen molar-refractivity contribution in [3.05, 3.63) is 54.1 Å². The molecule has 2 rings (SSSR count). The minimum atomic E-state index is -0.960. The van der Waals surface area contributed by atoms with Gasteiger partial charge in [0.2, 0.25) is 0 Å². The summed E-state index contributed by atoms with van der Waals surface area (Å²) >= 11 is 0. The third-order valence-electron chi connectivity index (χ3n) is 2.82. The van der Waals surface area contributed by atoms with Crippen molar-refractivity contribution in [3.8, 4) is 11.5 Å². The van der Waals surface area contributed by atoms with Crippen LogP contribution in [0.1, 0.15) is 10.4 Å². The van der Waals surface area contributed by atoms with Crippen LogP contribution in [-0.4, -0.2) is 30.0 Å². The van der Waals surface area contributed by atoms with Gasteiger partial charge in [0.1, 0.15) is 11.5 Å². The molecule has 0 saturated heterocycles. The van der Waals surface area contributed by atoms with Gasteiger partial charge in [0.15, 0.2) is 6.73 Å². The summed E-state index contributed by atoms with van der Waals surface area (Å²) in [5, 5.41) is 18.0. The van der Waals surface area contributed by atoms with Crippen molar-refractivity contribution >= 4 is 11.7 Å². The molecule has 0 atom stereocenters. The first-order valence-electron chi connectivity index (χ1n) is 6.02. The molecule has 5 heteroatoms. The number of aromatic carboxylic acids is 1. The lowest BCUT2D eigenvalue weighted by Crippen LogP contribution is -2.22. The number of carboxylic acid groups (broad SMARTS) is 1. The lowest BCUT2D eigenvalue weighted by atomic mass is 10.2. The molecule has 0 heterocycles. The number of phenols is 1. The van der Waals surface area contributed by atoms with Crippen molar-refractivity contribution in [2.75, 3.05) is 18.7 Å². The van der Waals surface area contributed by atoms with Crippen molar-refractivity contribution < 1.29 is 19.7 Å². The minimum Gasteiger partial charge on any atom is -0.508 e. The minimum absolute atomic E-state index is 0.215. The number of phenolic OH excluding ortho intramolecular Hbond substituents is 1. The Morgan fingerprint density at radius 1 is 1.10 bits per heavy atom. The summed E-state index contributed by atoms with van der Waals surface area (Å²) in [5.41, 5.74) is 1.13. The van der Waals surface area contributed by atoms with Gasteiger partial charge in [-0.25, -0.2) is 4.79 Å². The molecule has 0 amide bonds. The second-order valence-electron chi connectivity index (χ2n) is 4.32. The summed E-state index contributed by atoms with van der Waals surface area (Å²) in [5.74, 6) is -0.147. The van der Waals surface area contributed by atoms with Gasteiger partial charge >= 0.3 is 5.97 Å². The van der Waals surface area contributed by atoms with Crippen LogP contribution < -0.4 is 9.64 Å². The van der Waals surface area contributed by atoms with E-state index in [1.807, 2.05) is 11.9 Å². The average molecular weight is 273 g/mol. The van der Waals surface area contributed by atoms with Gasteiger partial charge in [0.25, 0.3) is 0 Å². The molecule has 0 aliphatic heterocycles. The molecular weight excluding hydrogens is 258 g/mol. The highest BCUT2D eigenvalue weighted by atomic mass is 16.5. The Morgan fingerprint density at radius 3 is 2.25 bits per heavy atom. The van der Waals surface area contributed by atoms with Gasteiger partial charge in [0, 0.05) is 12.7 Å². The second kappa shape index (κ2) is 5.97. The van der Waals surface area contributed by atoms with Crippen molar-refractivity contribution in [1.29, 1.82) is 0 Å². The molecule has 2 N–H and O–H groups in total. The van der Waals surface area contributed by atoms with Crippen LogP contribution in [0.15, 0.2) is 48.5 Å². The zero-order chi connectivity index (χ0) is 14.5. The van der Waals surface area contributed by atoms with Crippen LogP contribution >= 0.6 is 0 Å². The van der Waals surface area contributed by atoms with E-state index in [4.69, 9.17) is 9.84 Å². The monoisotopic (exact) mass is 273 g/mol. The summed E-state index contributed by atoms with van der Waals surface area (Å²) in [4.78, 5) is 12.6. The highest BCUT2D eigenvalue weighted by Gasteiger charge is 2.04. The summed E-state index contributed by atoms with van der Waals surface area (Å²) in [7, 11) is 1.86. The molecule has 0 unspecified atom stereocenters. The van der Waals surface area contributed by atoms with E-state index < -0.39 is 5.97 Å². The predicted octanol–water partition coefficient (Wildman–Crippen LogP) is 2.56. The van der Waals surface area contributed by atoms with E-state index in [0.717, 1.165) is 5.69 Å². The lowest BCUT2D eigenvalue weighted by Gasteiger charge is -2.19. The molecule has 0 spiro atoms. The van der Waals surface area contributed by atoms with Crippen LogP contribution in [-0.2, 0) is 0 Å². The van der Waals surface area contributed by atoms with Gasteiger partial charge in [-0.3, -0.25) is 0 Å². The van der Waals surface area contributed by atoms with E-state index >= 15 is 0 Å². The van der Waals surface area contributed by atoms with Crippen LogP contribution in [0.5, 0.6) is 11.5 Å². The molecule has 0 saturated carbocycles. The summed E-state index contributed by atoms with van der Waals surface area (Å²) in [6, 6.07) is 13.0. The van der Waals surface area contributed by atoms with Gasteiger partial charge in [-0.2, -0.15) is 0 Å². The number of hydrogen-bond donors (Lipinski definition) is 2. The number of ether oxygens (including phenoxy) is 1. The number of carbonyl (C=O) groups is 1. The number of anilines is 1. The maximum Gasteiger partial charge on any atom is 0.335 e. The second-order valence-corrected chi connectivity index (χ2v) is 4.32. The molecule has 2 aromatic rings. The van der Waals surface area contributed by atoms with Gasteiger partial charge < -0.3 is 19.8 Å². The molecule has 0 aromatic heterocycles. The normalized spacial score (nSPS) is 10.1. The molecule has 0 bridgehead atoms. The topological polar surface area (TPSA) is 70.0 Å². The first kappa shape index (κ1) is 13.7. The highest BCUT2D eigenvalue weighted by molar-refractivity contribution is 5.87. The summed E-state index contributed by atoms with van der Waals surface area (Å²) < 4.78 is 5.56. The zero-order valence-corrected chi connectivity index (χ0v) is 11.0. The third-order valence-corrected chi connectivity index (χ3v) is 2.82. The first-order valence-corrected chi connectivity index (χ1v) is 6.02. The highest BCUT2D eigenvalue weighted by Crippen LogP contribution is 2.18. The predicted molar refractivity (Wildman–Crippen MR) is 75.4 cm³/mol. The maximum absolute atomic E-state index is 10.7. The molecule has 0 aliphatic carbocycles. The number of carboxylic acids is 1. The Morgan fingerprint density at radius 2 is 1.70 bits per heavy atom. The molecule has 2 aromatic carbocycles. The molecule has 104 valence electrons. The fraction of sp³-hybridized carbons (Fsp3) is 0.133. The van der Waals surface area contributed by atoms with Gasteiger partial charge in [-0.05, 0) is 48.5 Å². The standard InChI is InChI=1S/C15H15NO4/c1-16(12-4-6-13(17)7-5-12)10-20-14-8-2-11(3-9-14)15(18)19/h2-9,17H,10H2,1H3,(H,18,19). The van der Waals surface area contributed by atoms with E-state index in [2.05, 4.69) is 0 Å². The van der Waals surface area contributed by atoms with E-state index in [9.17, 15) is 9.90 Å². The van der Waals surface area contributed by atoms with E-state index in [1.165, 1.54) is 12.1 Å². The van der Waals surface area contributed by atoms with Crippen LogP contribution in [0.25, 0.3) is 0 Å². The van der Waals surface area contributed by atoms with Gasteiger partial charge in [0.05, 0.1) is 5.56 Å². The molecule has 0 radical (unpaired) electrons. The van der Waals surface area contributed by atoms with Crippen molar-refractivity contribution in [3.63, 3.8) is 0 Å². The fourth-order valence-electron chi connectivity index (χ4n) is 1.65. The Bertz CT molecular complexity index is 578. The first-order chi connectivity index (χ1) is 9.56. The van der Waals surface area contributed by atoms with Crippen LogP contribution in [0, 0.1) is 0 Å². The van der Waals surface area contributed by atoms with E-state index in [-0.39, 0.29) is 11.3 Å². The number of benzene rings is 2. The van der Waals surface area contributed by atoms with Crippen molar-refractivity contribution in [2.24, 2.45) is 0 Å². The molecule has 0 aliphatic rings. The third kappa shape index (κ3) is 3.41. The van der Waals surface area contributed by atoms with Crippen molar-refractivity contribution in [2.45, 2.75) is 0 Å². The zero-order valence-electron chi connectivity index (χ0n) is 11.0. The smallest absolute Gasteiger partial charge is 0.335 e. The van der Waals surface area contributed by atoms with Crippen LogP contribution in [0.3, 0.4) is 0 Å². The Balaban J connectivity index is 1.94. The molecule has 20 heavy (non-hydrogen) atoms. The maximum atomic E-state index is 10.7. The summed E-state index contributed by atoms with van der Waals surface area (Å²) in [6.45, 7) is 0.317. The fourth-order valence-corrected chi connectivity index (χ4v) is 1.65. The van der Waals surface area contributed by atoms with Crippen molar-refractivity contribution in [1.82, 2.24) is 0 Å². The van der Waals surface area contributed by atoms with Gasteiger partial charge in [-0.15, -0.1) is 0 Å². The van der Waals surface area contributed by atoms with Gasteiger partial charge in [-0.1, -0.05) is 0 Å². The number of nitrogens with zero attached hydrogens (tertiary/aromatic N) is 1. The Hall–Kier alpha value is -2.69. The Kier molecular flexibility index (Phi) is 4.10. The van der Waals surface area contributed by atoms with E-state index in [1.54, 1.807) is 36.4 Å². The quantitative estimate of drug-likeness (QED) is 0.819. The van der Waals surface area contributed by atoms with E-state index in [0.29, 0.717) is 12.5 Å². The lowest BCUT2D eigenvalue weighted by molar-refractivity contribution is 0.0697. The summed E-state index contributed by atoms with van der Waals surface area (Å²) in [6.07, 6.45) is 0. The molecule has 5 nitrogen and oxygen atoms in total. The number of hydrogen-bond acceptors (Lipinski definition) is 4. The number of aromatic hydroxyl groups is 1. The van der Waals surface area contributed by atoms with Crippen LogP contribution in [0.2, 0.25) is 0 Å². The average Bonchev–Trinajstić information content (AvgIpc) is 2.46. The molecular formula is C15H15NO4. The van der Waals surface area contributed by atoms with Crippen LogP contribution in [0.4, 0.5) is 5.69 Å².